The maximum absolute atomic E-state index is 13.0. The van der Waals surface area contributed by atoms with Crippen molar-refractivity contribution < 1.29 is 14.3 Å². The number of aromatic carboxylic acids is 1. The van der Waals surface area contributed by atoms with E-state index >= 15 is 0 Å². The molecular weight excluding hydrogens is 281 g/mol. The van der Waals surface area contributed by atoms with E-state index in [1.807, 2.05) is 0 Å². The van der Waals surface area contributed by atoms with Gasteiger partial charge in [0.25, 0.3) is 0 Å². The normalized spacial score (nSPS) is 10.9. The first-order valence-electron chi connectivity index (χ1n) is 5.87. The number of H-pyrrole nitrogens is 1. The molecule has 5 heteroatoms. The molecule has 0 saturated carbocycles. The molecule has 0 fully saturated rings. The van der Waals surface area contributed by atoms with Crippen LogP contribution in [0.3, 0.4) is 0 Å². The van der Waals surface area contributed by atoms with Crippen molar-refractivity contribution in [3.05, 3.63) is 59.0 Å². The van der Waals surface area contributed by atoms with Crippen LogP contribution >= 0.6 is 11.6 Å². The summed E-state index contributed by atoms with van der Waals surface area (Å²) in [6.07, 6.45) is 0. The number of aromatic amines is 1. The fourth-order valence-corrected chi connectivity index (χ4v) is 2.41. The SMILES string of the molecule is O=C(O)c1[nH]c2ccc(Cl)cc2c1-c1ccc(F)cc1. The zero-order valence-corrected chi connectivity index (χ0v) is 10.9. The zero-order chi connectivity index (χ0) is 14.3. The number of carboxylic acid groups (broad SMARTS) is 1. The lowest BCUT2D eigenvalue weighted by atomic mass is 10.0. The molecule has 100 valence electrons. The number of benzene rings is 2. The van der Waals surface area contributed by atoms with Crippen LogP contribution < -0.4 is 0 Å². The third kappa shape index (κ3) is 2.04. The van der Waals surface area contributed by atoms with Crippen LogP contribution in [-0.2, 0) is 0 Å². The quantitative estimate of drug-likeness (QED) is 0.738. The average molecular weight is 290 g/mol. The van der Waals surface area contributed by atoms with Crippen molar-refractivity contribution in [2.45, 2.75) is 0 Å². The van der Waals surface area contributed by atoms with Crippen LogP contribution in [0.4, 0.5) is 4.39 Å². The highest BCUT2D eigenvalue weighted by Gasteiger charge is 2.18. The molecule has 3 nitrogen and oxygen atoms in total. The molecule has 1 heterocycles. The Labute approximate surface area is 118 Å². The molecule has 0 aliphatic heterocycles. The summed E-state index contributed by atoms with van der Waals surface area (Å²) in [5.41, 5.74) is 1.87. The molecule has 0 spiro atoms. The Morgan fingerprint density at radius 1 is 1.15 bits per heavy atom. The van der Waals surface area contributed by atoms with Gasteiger partial charge in [-0.05, 0) is 35.9 Å². The van der Waals surface area contributed by atoms with Crippen molar-refractivity contribution in [1.29, 1.82) is 0 Å². The van der Waals surface area contributed by atoms with E-state index in [-0.39, 0.29) is 11.5 Å². The van der Waals surface area contributed by atoms with Gasteiger partial charge in [-0.2, -0.15) is 0 Å². The highest BCUT2D eigenvalue weighted by molar-refractivity contribution is 6.31. The van der Waals surface area contributed by atoms with E-state index in [9.17, 15) is 14.3 Å². The van der Waals surface area contributed by atoms with Gasteiger partial charge >= 0.3 is 5.97 Å². The Morgan fingerprint density at radius 3 is 2.50 bits per heavy atom. The van der Waals surface area contributed by atoms with Gasteiger partial charge in [0.15, 0.2) is 0 Å². The van der Waals surface area contributed by atoms with Gasteiger partial charge in [0.1, 0.15) is 11.5 Å². The van der Waals surface area contributed by atoms with E-state index in [1.54, 1.807) is 30.3 Å². The summed E-state index contributed by atoms with van der Waals surface area (Å²) in [5, 5.41) is 10.5. The molecule has 0 amide bonds. The molecule has 2 N–H and O–H groups in total. The van der Waals surface area contributed by atoms with Crippen molar-refractivity contribution >= 4 is 28.5 Å². The van der Waals surface area contributed by atoms with Crippen molar-refractivity contribution in [2.24, 2.45) is 0 Å². The van der Waals surface area contributed by atoms with Gasteiger partial charge in [-0.3, -0.25) is 0 Å². The lowest BCUT2D eigenvalue weighted by Gasteiger charge is -2.02. The van der Waals surface area contributed by atoms with Crippen LogP contribution in [-0.4, -0.2) is 16.1 Å². The maximum Gasteiger partial charge on any atom is 0.352 e. The molecule has 0 aliphatic carbocycles. The van der Waals surface area contributed by atoms with Gasteiger partial charge in [0, 0.05) is 21.5 Å². The number of fused-ring (bicyclic) bond motifs is 1. The number of hydrogen-bond donors (Lipinski definition) is 2. The van der Waals surface area contributed by atoms with Gasteiger partial charge in [-0.15, -0.1) is 0 Å². The topological polar surface area (TPSA) is 53.1 Å². The molecule has 3 rings (SSSR count). The predicted molar refractivity (Wildman–Crippen MR) is 75.7 cm³/mol. The van der Waals surface area contributed by atoms with Crippen molar-refractivity contribution in [1.82, 2.24) is 4.98 Å². The molecule has 0 bridgehead atoms. The van der Waals surface area contributed by atoms with Gasteiger partial charge in [-0.1, -0.05) is 23.7 Å². The van der Waals surface area contributed by atoms with Crippen LogP contribution in [0.1, 0.15) is 10.5 Å². The average Bonchev–Trinajstić information content (AvgIpc) is 2.78. The number of aromatic nitrogens is 1. The van der Waals surface area contributed by atoms with Crippen LogP contribution in [0.15, 0.2) is 42.5 Å². The van der Waals surface area contributed by atoms with Crippen molar-refractivity contribution in [2.75, 3.05) is 0 Å². The second-order valence-corrected chi connectivity index (χ2v) is 4.81. The summed E-state index contributed by atoms with van der Waals surface area (Å²) in [6.45, 7) is 0. The summed E-state index contributed by atoms with van der Waals surface area (Å²) >= 11 is 5.97. The Morgan fingerprint density at radius 2 is 1.85 bits per heavy atom. The molecule has 0 aliphatic rings. The minimum Gasteiger partial charge on any atom is -0.477 e. The molecule has 0 saturated heterocycles. The largest absolute Gasteiger partial charge is 0.477 e. The van der Waals surface area contributed by atoms with E-state index in [1.165, 1.54) is 12.1 Å². The molecule has 2 aromatic carbocycles. The molecule has 3 aromatic rings. The highest BCUT2D eigenvalue weighted by Crippen LogP contribution is 2.34. The predicted octanol–water partition coefficient (Wildman–Crippen LogP) is 4.33. The Bertz CT molecular complexity index is 809. The third-order valence-corrected chi connectivity index (χ3v) is 3.34. The van der Waals surface area contributed by atoms with Gasteiger partial charge in [0.05, 0.1) is 0 Å². The number of rotatable bonds is 2. The lowest BCUT2D eigenvalue weighted by molar-refractivity contribution is 0.0692. The maximum atomic E-state index is 13.0. The van der Waals surface area contributed by atoms with E-state index in [4.69, 9.17) is 11.6 Å². The highest BCUT2D eigenvalue weighted by atomic mass is 35.5. The summed E-state index contributed by atoms with van der Waals surface area (Å²) in [4.78, 5) is 14.2. The second kappa shape index (κ2) is 4.65. The summed E-state index contributed by atoms with van der Waals surface area (Å²) in [5.74, 6) is -1.44. The monoisotopic (exact) mass is 289 g/mol. The Hall–Kier alpha value is -2.33. The second-order valence-electron chi connectivity index (χ2n) is 4.38. The number of halogens is 2. The standard InChI is InChI=1S/C15H9ClFNO2/c16-9-3-6-12-11(7-9)13(14(18-12)15(19)20)8-1-4-10(17)5-2-8/h1-7,18H,(H,19,20). The fraction of sp³-hybridized carbons (Fsp3) is 0. The zero-order valence-electron chi connectivity index (χ0n) is 10.2. The number of hydrogen-bond acceptors (Lipinski definition) is 1. The molecule has 20 heavy (non-hydrogen) atoms. The van der Waals surface area contributed by atoms with Crippen LogP contribution in [0, 0.1) is 5.82 Å². The summed E-state index contributed by atoms with van der Waals surface area (Å²) in [6, 6.07) is 10.8. The number of nitrogens with one attached hydrogen (secondary N) is 1. The van der Waals surface area contributed by atoms with Crippen molar-refractivity contribution in [3.8, 4) is 11.1 Å². The molecular formula is C15H9ClFNO2. The van der Waals surface area contributed by atoms with Gasteiger partial charge in [-0.25, -0.2) is 9.18 Å². The minimum absolute atomic E-state index is 0.0638. The first-order chi connectivity index (χ1) is 9.56. The minimum atomic E-state index is -1.07. The Kier molecular flexibility index (Phi) is 2.95. The van der Waals surface area contributed by atoms with Gasteiger partial charge in [0.2, 0.25) is 0 Å². The number of carbonyl (C=O) groups is 1. The van der Waals surface area contributed by atoms with Crippen LogP contribution in [0.2, 0.25) is 5.02 Å². The van der Waals surface area contributed by atoms with Crippen LogP contribution in [0.5, 0.6) is 0 Å². The smallest absolute Gasteiger partial charge is 0.352 e. The van der Waals surface area contributed by atoms with E-state index in [0.29, 0.717) is 27.1 Å². The fourth-order valence-electron chi connectivity index (χ4n) is 2.24. The first-order valence-corrected chi connectivity index (χ1v) is 6.24. The first kappa shape index (κ1) is 12.7. The van der Waals surface area contributed by atoms with Crippen molar-refractivity contribution in [3.63, 3.8) is 0 Å². The van der Waals surface area contributed by atoms with E-state index in [0.717, 1.165) is 0 Å². The van der Waals surface area contributed by atoms with Crippen LogP contribution in [0.25, 0.3) is 22.0 Å². The molecule has 0 unspecified atom stereocenters. The number of carboxylic acids is 1. The molecule has 1 aromatic heterocycles. The summed E-state index contributed by atoms with van der Waals surface area (Å²) < 4.78 is 13.0. The van der Waals surface area contributed by atoms with E-state index in [2.05, 4.69) is 4.98 Å². The summed E-state index contributed by atoms with van der Waals surface area (Å²) in [7, 11) is 0. The Balaban J connectivity index is 2.36. The van der Waals surface area contributed by atoms with Gasteiger partial charge < -0.3 is 10.1 Å². The molecule has 0 radical (unpaired) electrons. The molecule has 0 atom stereocenters. The van der Waals surface area contributed by atoms with E-state index < -0.39 is 5.97 Å². The lowest BCUT2D eigenvalue weighted by Crippen LogP contribution is -1.98. The third-order valence-electron chi connectivity index (χ3n) is 3.11.